The van der Waals surface area contributed by atoms with Crippen molar-refractivity contribution in [3.8, 4) is 0 Å². The smallest absolute Gasteiger partial charge is 0.270 e. The second-order valence-corrected chi connectivity index (χ2v) is 7.62. The number of nitrogens with one attached hydrogen (secondary N) is 2. The molecule has 0 saturated carbocycles. The van der Waals surface area contributed by atoms with Gasteiger partial charge in [0.05, 0.1) is 16.2 Å². The van der Waals surface area contributed by atoms with Crippen molar-refractivity contribution in [2.24, 2.45) is 0 Å². The first-order valence-corrected chi connectivity index (χ1v) is 9.83. The Labute approximate surface area is 180 Å². The van der Waals surface area contributed by atoms with Gasteiger partial charge in [0.2, 0.25) is 0 Å². The van der Waals surface area contributed by atoms with Crippen LogP contribution in [-0.4, -0.2) is 29.8 Å². The minimum atomic E-state index is -0.459. The van der Waals surface area contributed by atoms with E-state index in [1.54, 1.807) is 6.07 Å². The van der Waals surface area contributed by atoms with Crippen LogP contribution in [0.5, 0.6) is 0 Å². The van der Waals surface area contributed by atoms with Crippen LogP contribution < -0.4 is 10.6 Å². The zero-order chi connectivity index (χ0) is 22.0. The molecule has 0 radical (unpaired) electrons. The molecule has 3 aromatic carbocycles. The molecule has 7 heteroatoms. The molecular formula is C24H22N4O3. The fraction of sp³-hybridized carbons (Fsp3) is 0.125. The molecule has 31 heavy (non-hydrogen) atoms. The number of nitro benzene ring substituents is 1. The monoisotopic (exact) mass is 414 g/mol. The van der Waals surface area contributed by atoms with Gasteiger partial charge in [-0.2, -0.15) is 0 Å². The molecular weight excluding hydrogens is 392 g/mol. The summed E-state index contributed by atoms with van der Waals surface area (Å²) in [6.07, 6.45) is 0. The van der Waals surface area contributed by atoms with E-state index in [0.717, 1.165) is 17.8 Å². The Hall–Kier alpha value is -3.97. The van der Waals surface area contributed by atoms with Gasteiger partial charge in [-0.15, -0.1) is 0 Å². The fourth-order valence-corrected chi connectivity index (χ4v) is 3.60. The summed E-state index contributed by atoms with van der Waals surface area (Å²) in [6.45, 7) is 0.826. The molecule has 0 bridgehead atoms. The summed E-state index contributed by atoms with van der Waals surface area (Å²) in [6, 6.07) is 21.9. The van der Waals surface area contributed by atoms with Gasteiger partial charge < -0.3 is 15.5 Å². The summed E-state index contributed by atoms with van der Waals surface area (Å²) in [5, 5.41) is 17.5. The summed E-state index contributed by atoms with van der Waals surface area (Å²) in [4.78, 5) is 25.8. The SMILES string of the molecule is CN(C)Cc1ccc(NC(=C2C(=O)Nc3ccc([N+](=O)[O-])cc32)c2ccccc2)cc1. The first-order chi connectivity index (χ1) is 14.9. The molecule has 0 fully saturated rings. The lowest BCUT2D eigenvalue weighted by atomic mass is 9.99. The third-order valence-electron chi connectivity index (χ3n) is 4.99. The van der Waals surface area contributed by atoms with Crippen molar-refractivity contribution in [2.45, 2.75) is 6.54 Å². The molecule has 7 nitrogen and oxygen atoms in total. The molecule has 2 N–H and O–H groups in total. The van der Waals surface area contributed by atoms with Crippen molar-refractivity contribution in [3.63, 3.8) is 0 Å². The Bertz CT molecular complexity index is 1170. The molecule has 156 valence electrons. The van der Waals surface area contributed by atoms with Crippen molar-refractivity contribution >= 4 is 34.2 Å². The van der Waals surface area contributed by atoms with E-state index in [-0.39, 0.29) is 11.6 Å². The van der Waals surface area contributed by atoms with Crippen LogP contribution >= 0.6 is 0 Å². The fourth-order valence-electron chi connectivity index (χ4n) is 3.60. The highest BCUT2D eigenvalue weighted by molar-refractivity contribution is 6.37. The number of benzene rings is 3. The number of fused-ring (bicyclic) bond motifs is 1. The standard InChI is InChI=1S/C24H22N4O3/c1-27(2)15-16-8-10-18(11-9-16)25-23(17-6-4-3-5-7-17)22-20-14-19(28(30)31)12-13-21(20)26-24(22)29/h3-14,25H,15H2,1-2H3,(H,26,29). The van der Waals surface area contributed by atoms with E-state index < -0.39 is 4.92 Å². The summed E-state index contributed by atoms with van der Waals surface area (Å²) < 4.78 is 0. The van der Waals surface area contributed by atoms with Gasteiger partial charge in [-0.1, -0.05) is 42.5 Å². The molecule has 0 atom stereocenters. The van der Waals surface area contributed by atoms with E-state index >= 15 is 0 Å². The first kappa shape index (κ1) is 20.3. The van der Waals surface area contributed by atoms with Crippen molar-refractivity contribution in [1.82, 2.24) is 4.90 Å². The number of nitrogens with zero attached hydrogens (tertiary/aromatic N) is 2. The number of anilines is 2. The molecule has 1 amide bonds. The van der Waals surface area contributed by atoms with Crippen LogP contribution in [0.3, 0.4) is 0 Å². The van der Waals surface area contributed by atoms with Gasteiger partial charge in [0.15, 0.2) is 0 Å². The average molecular weight is 414 g/mol. The van der Waals surface area contributed by atoms with Crippen molar-refractivity contribution in [3.05, 3.63) is 99.6 Å². The van der Waals surface area contributed by atoms with Crippen LogP contribution in [0.1, 0.15) is 16.7 Å². The molecule has 0 saturated heterocycles. The highest BCUT2D eigenvalue weighted by Crippen LogP contribution is 2.39. The largest absolute Gasteiger partial charge is 0.354 e. The summed E-state index contributed by atoms with van der Waals surface area (Å²) in [7, 11) is 4.03. The Balaban J connectivity index is 1.82. The number of carbonyl (C=O) groups is 1. The maximum Gasteiger partial charge on any atom is 0.270 e. The maximum absolute atomic E-state index is 12.9. The molecule has 0 aliphatic carbocycles. The quantitative estimate of drug-likeness (QED) is 0.350. The summed E-state index contributed by atoms with van der Waals surface area (Å²) >= 11 is 0. The highest BCUT2D eigenvalue weighted by atomic mass is 16.6. The first-order valence-electron chi connectivity index (χ1n) is 9.83. The molecule has 1 aliphatic rings. The topological polar surface area (TPSA) is 87.5 Å². The van der Waals surface area contributed by atoms with E-state index in [4.69, 9.17) is 0 Å². The lowest BCUT2D eigenvalue weighted by Gasteiger charge is -2.16. The van der Waals surface area contributed by atoms with E-state index in [0.29, 0.717) is 22.5 Å². The molecule has 0 aromatic heterocycles. The molecule has 1 aliphatic heterocycles. The van der Waals surface area contributed by atoms with Crippen LogP contribution in [0, 0.1) is 10.1 Å². The van der Waals surface area contributed by atoms with Gasteiger partial charge >= 0.3 is 0 Å². The maximum atomic E-state index is 12.9. The minimum Gasteiger partial charge on any atom is -0.354 e. The molecule has 0 spiro atoms. The zero-order valence-electron chi connectivity index (χ0n) is 17.3. The van der Waals surface area contributed by atoms with Crippen LogP contribution in [0.4, 0.5) is 17.1 Å². The lowest BCUT2D eigenvalue weighted by molar-refractivity contribution is -0.384. The van der Waals surface area contributed by atoms with Crippen molar-refractivity contribution in [2.75, 3.05) is 24.7 Å². The number of carbonyl (C=O) groups excluding carboxylic acids is 1. The van der Waals surface area contributed by atoms with Crippen LogP contribution in [0.25, 0.3) is 11.3 Å². The molecule has 4 rings (SSSR count). The Morgan fingerprint density at radius 2 is 1.74 bits per heavy atom. The summed E-state index contributed by atoms with van der Waals surface area (Å²) in [5.74, 6) is -0.300. The molecule has 0 unspecified atom stereocenters. The zero-order valence-corrected chi connectivity index (χ0v) is 17.3. The van der Waals surface area contributed by atoms with Crippen molar-refractivity contribution < 1.29 is 9.72 Å². The van der Waals surface area contributed by atoms with Gasteiger partial charge in [0, 0.05) is 35.6 Å². The third kappa shape index (κ3) is 4.31. The second-order valence-electron chi connectivity index (χ2n) is 7.62. The van der Waals surface area contributed by atoms with Crippen LogP contribution in [-0.2, 0) is 11.3 Å². The molecule has 3 aromatic rings. The predicted octanol–water partition coefficient (Wildman–Crippen LogP) is 4.59. The number of hydrogen-bond acceptors (Lipinski definition) is 5. The molecule has 1 heterocycles. The average Bonchev–Trinajstić information content (AvgIpc) is 3.08. The second kappa shape index (κ2) is 8.41. The van der Waals surface area contributed by atoms with E-state index in [9.17, 15) is 14.9 Å². The number of non-ortho nitro benzene ring substituents is 1. The lowest BCUT2D eigenvalue weighted by Crippen LogP contribution is -2.11. The van der Waals surface area contributed by atoms with Crippen LogP contribution in [0.2, 0.25) is 0 Å². The number of nitro groups is 1. The number of amides is 1. The van der Waals surface area contributed by atoms with Crippen LogP contribution in [0.15, 0.2) is 72.8 Å². The van der Waals surface area contributed by atoms with Gasteiger partial charge in [0.1, 0.15) is 0 Å². The number of rotatable bonds is 6. The highest BCUT2D eigenvalue weighted by Gasteiger charge is 2.30. The number of hydrogen-bond donors (Lipinski definition) is 2. The van der Waals surface area contributed by atoms with Gasteiger partial charge in [0.25, 0.3) is 11.6 Å². The van der Waals surface area contributed by atoms with Gasteiger partial charge in [-0.3, -0.25) is 14.9 Å². The Morgan fingerprint density at radius 1 is 1.03 bits per heavy atom. The summed E-state index contributed by atoms with van der Waals surface area (Å²) in [5.41, 5.74) is 4.78. The minimum absolute atomic E-state index is 0.0619. The predicted molar refractivity (Wildman–Crippen MR) is 122 cm³/mol. The van der Waals surface area contributed by atoms with Gasteiger partial charge in [-0.05, 0) is 43.4 Å². The van der Waals surface area contributed by atoms with E-state index in [2.05, 4.69) is 15.5 Å². The van der Waals surface area contributed by atoms with Crippen molar-refractivity contribution in [1.29, 1.82) is 0 Å². The van der Waals surface area contributed by atoms with Gasteiger partial charge in [-0.25, -0.2) is 0 Å². The third-order valence-corrected chi connectivity index (χ3v) is 4.99. The normalized spacial score (nSPS) is 14.2. The van der Waals surface area contributed by atoms with E-state index in [1.807, 2.05) is 68.7 Å². The Morgan fingerprint density at radius 3 is 2.39 bits per heavy atom. The van der Waals surface area contributed by atoms with E-state index in [1.165, 1.54) is 17.7 Å². The Kier molecular flexibility index (Phi) is 5.51.